The van der Waals surface area contributed by atoms with Crippen LogP contribution in [-0.2, 0) is 13.0 Å². The Labute approximate surface area is 135 Å². The van der Waals surface area contributed by atoms with Crippen molar-refractivity contribution in [3.8, 4) is 0 Å². The molecule has 0 spiro atoms. The smallest absolute Gasteiger partial charge is 0.0946 e. The normalized spacial score (nSPS) is 25.4. The van der Waals surface area contributed by atoms with Gasteiger partial charge in [0.15, 0.2) is 0 Å². The molecule has 0 bridgehead atoms. The second kappa shape index (κ2) is 6.09. The van der Waals surface area contributed by atoms with Gasteiger partial charge >= 0.3 is 0 Å². The first kappa shape index (κ1) is 15.0. The van der Waals surface area contributed by atoms with Gasteiger partial charge in [0.2, 0.25) is 0 Å². The van der Waals surface area contributed by atoms with Gasteiger partial charge in [-0.1, -0.05) is 36.2 Å². The maximum Gasteiger partial charge on any atom is 0.0946 e. The molecule has 1 aromatic carbocycles. The lowest BCUT2D eigenvalue weighted by molar-refractivity contribution is 0.625. The number of imidazole rings is 1. The number of hydrogen-bond donors (Lipinski definition) is 0. The van der Waals surface area contributed by atoms with E-state index in [0.717, 1.165) is 18.2 Å². The maximum absolute atomic E-state index is 4.19. The van der Waals surface area contributed by atoms with Gasteiger partial charge in [-0.2, -0.15) is 0 Å². The van der Waals surface area contributed by atoms with Crippen LogP contribution in [0, 0.1) is 13.8 Å². The van der Waals surface area contributed by atoms with Crippen LogP contribution in [0.15, 0.2) is 36.9 Å². The van der Waals surface area contributed by atoms with Crippen LogP contribution < -0.4 is 0 Å². The molecule has 2 atom stereocenters. The molecule has 4 heteroatoms. The van der Waals surface area contributed by atoms with Gasteiger partial charge in [0.25, 0.3) is 0 Å². The monoisotopic (exact) mass is 318 g/mol. The molecule has 2 unspecified atom stereocenters. The van der Waals surface area contributed by atoms with Crippen molar-refractivity contribution in [2.45, 2.75) is 43.1 Å². The number of benzene rings is 1. The molecule has 3 rings (SSSR count). The number of rotatable bonds is 4. The summed E-state index contributed by atoms with van der Waals surface area (Å²) in [5, 5.41) is 0.726. The molecule has 2 heterocycles. The standard InChI is InChI=1S/C17H22N2S2/c1-13-6-14(2)8-16(7-13)9-17(20-10-15(3)21-17)11-19-5-4-18-12-19/h4-8,12,15H,9-11H2,1-3H3. The summed E-state index contributed by atoms with van der Waals surface area (Å²) in [6.07, 6.45) is 7.01. The molecule has 1 aromatic heterocycles. The van der Waals surface area contributed by atoms with Gasteiger partial charge in [-0.3, -0.25) is 0 Å². The van der Waals surface area contributed by atoms with Crippen LogP contribution in [0.3, 0.4) is 0 Å². The minimum absolute atomic E-state index is 0.236. The lowest BCUT2D eigenvalue weighted by Crippen LogP contribution is -2.27. The summed E-state index contributed by atoms with van der Waals surface area (Å²) < 4.78 is 2.46. The summed E-state index contributed by atoms with van der Waals surface area (Å²) in [4.78, 5) is 4.19. The van der Waals surface area contributed by atoms with Gasteiger partial charge in [0.05, 0.1) is 10.4 Å². The summed E-state index contributed by atoms with van der Waals surface area (Å²) in [5.41, 5.74) is 4.19. The van der Waals surface area contributed by atoms with E-state index < -0.39 is 0 Å². The molecule has 2 aromatic rings. The Hall–Kier alpha value is -0.870. The Morgan fingerprint density at radius 2 is 2.05 bits per heavy atom. The first-order valence-electron chi connectivity index (χ1n) is 7.39. The number of aryl methyl sites for hydroxylation is 2. The van der Waals surface area contributed by atoms with Crippen molar-refractivity contribution >= 4 is 23.5 Å². The molecule has 1 aliphatic rings. The Kier molecular flexibility index (Phi) is 4.36. The second-order valence-corrected chi connectivity index (χ2v) is 9.54. The molecule has 0 aliphatic carbocycles. The van der Waals surface area contributed by atoms with Crippen LogP contribution >= 0.6 is 23.5 Å². The Morgan fingerprint density at radius 3 is 2.62 bits per heavy atom. The molecular weight excluding hydrogens is 296 g/mol. The van der Waals surface area contributed by atoms with Gasteiger partial charge < -0.3 is 4.57 Å². The summed E-state index contributed by atoms with van der Waals surface area (Å²) in [6.45, 7) is 7.75. The molecular formula is C17H22N2S2. The number of aromatic nitrogens is 2. The predicted octanol–water partition coefficient (Wildman–Crippen LogP) is 4.31. The van der Waals surface area contributed by atoms with Crippen molar-refractivity contribution in [2.75, 3.05) is 5.75 Å². The molecule has 0 N–H and O–H groups in total. The van der Waals surface area contributed by atoms with Crippen molar-refractivity contribution in [3.05, 3.63) is 53.6 Å². The third-order valence-corrected chi connectivity index (χ3v) is 7.33. The van der Waals surface area contributed by atoms with E-state index in [1.807, 2.05) is 12.5 Å². The maximum atomic E-state index is 4.19. The van der Waals surface area contributed by atoms with Gasteiger partial charge in [-0.15, -0.1) is 23.5 Å². The Balaban J connectivity index is 1.85. The highest BCUT2D eigenvalue weighted by molar-refractivity contribution is 8.21. The van der Waals surface area contributed by atoms with Crippen molar-refractivity contribution in [3.63, 3.8) is 0 Å². The van der Waals surface area contributed by atoms with Crippen LogP contribution in [0.5, 0.6) is 0 Å². The fourth-order valence-corrected chi connectivity index (χ4v) is 6.78. The van der Waals surface area contributed by atoms with Crippen molar-refractivity contribution in [2.24, 2.45) is 0 Å². The molecule has 0 amide bonds. The summed E-state index contributed by atoms with van der Waals surface area (Å²) in [5.74, 6) is 1.24. The summed E-state index contributed by atoms with van der Waals surface area (Å²) >= 11 is 4.25. The van der Waals surface area contributed by atoms with Crippen LogP contribution in [0.2, 0.25) is 0 Å². The van der Waals surface area contributed by atoms with Crippen molar-refractivity contribution in [1.29, 1.82) is 0 Å². The topological polar surface area (TPSA) is 17.8 Å². The third-order valence-electron chi connectivity index (χ3n) is 3.73. The average molecular weight is 319 g/mol. The fourth-order valence-electron chi connectivity index (χ4n) is 3.08. The van der Waals surface area contributed by atoms with E-state index in [9.17, 15) is 0 Å². The minimum atomic E-state index is 0.236. The van der Waals surface area contributed by atoms with Crippen LogP contribution in [0.1, 0.15) is 23.6 Å². The molecule has 1 aliphatic heterocycles. The zero-order valence-electron chi connectivity index (χ0n) is 12.9. The van der Waals surface area contributed by atoms with E-state index in [1.54, 1.807) is 0 Å². The van der Waals surface area contributed by atoms with Crippen molar-refractivity contribution in [1.82, 2.24) is 9.55 Å². The van der Waals surface area contributed by atoms with Crippen LogP contribution in [0.25, 0.3) is 0 Å². The van der Waals surface area contributed by atoms with Gasteiger partial charge in [-0.25, -0.2) is 4.98 Å². The van der Waals surface area contributed by atoms with E-state index in [4.69, 9.17) is 0 Å². The zero-order chi connectivity index (χ0) is 14.9. The van der Waals surface area contributed by atoms with E-state index in [0.29, 0.717) is 0 Å². The van der Waals surface area contributed by atoms with E-state index in [-0.39, 0.29) is 4.08 Å². The van der Waals surface area contributed by atoms with Gasteiger partial charge in [0, 0.05) is 29.9 Å². The van der Waals surface area contributed by atoms with E-state index >= 15 is 0 Å². The van der Waals surface area contributed by atoms with Crippen LogP contribution in [0.4, 0.5) is 0 Å². The molecule has 0 saturated carbocycles. The Morgan fingerprint density at radius 1 is 1.29 bits per heavy atom. The molecule has 21 heavy (non-hydrogen) atoms. The summed E-state index contributed by atoms with van der Waals surface area (Å²) in [7, 11) is 0. The number of thioether (sulfide) groups is 2. The zero-order valence-corrected chi connectivity index (χ0v) is 14.5. The highest BCUT2D eigenvalue weighted by atomic mass is 32.2. The molecule has 2 nitrogen and oxygen atoms in total. The fraction of sp³-hybridized carbons (Fsp3) is 0.471. The number of hydrogen-bond acceptors (Lipinski definition) is 3. The second-order valence-electron chi connectivity index (χ2n) is 6.06. The highest BCUT2D eigenvalue weighted by Gasteiger charge is 2.39. The van der Waals surface area contributed by atoms with Gasteiger partial charge in [0.1, 0.15) is 0 Å². The predicted molar refractivity (Wildman–Crippen MR) is 94.1 cm³/mol. The first-order valence-corrected chi connectivity index (χ1v) is 9.26. The minimum Gasteiger partial charge on any atom is -0.335 e. The third kappa shape index (κ3) is 3.67. The number of nitrogens with zero attached hydrogens (tertiary/aromatic N) is 2. The SMILES string of the molecule is Cc1cc(C)cc(CC2(Cn3ccnc3)SCC(C)S2)c1. The van der Waals surface area contributed by atoms with Crippen molar-refractivity contribution < 1.29 is 0 Å². The summed E-state index contributed by atoms with van der Waals surface area (Å²) in [6, 6.07) is 6.93. The van der Waals surface area contributed by atoms with E-state index in [2.05, 4.69) is 78.2 Å². The quantitative estimate of drug-likeness (QED) is 0.836. The first-order chi connectivity index (χ1) is 10.0. The van der Waals surface area contributed by atoms with Crippen LogP contribution in [-0.4, -0.2) is 24.6 Å². The molecule has 112 valence electrons. The largest absolute Gasteiger partial charge is 0.335 e. The van der Waals surface area contributed by atoms with Gasteiger partial charge in [-0.05, 0) is 25.8 Å². The average Bonchev–Trinajstić information content (AvgIpc) is 2.99. The molecule has 1 fully saturated rings. The highest BCUT2D eigenvalue weighted by Crippen LogP contribution is 2.51. The van der Waals surface area contributed by atoms with E-state index in [1.165, 1.54) is 22.4 Å². The lowest BCUT2D eigenvalue weighted by Gasteiger charge is -2.28. The molecule has 1 saturated heterocycles. The Bertz CT molecular complexity index is 589. The molecule has 0 radical (unpaired) electrons. The lowest BCUT2D eigenvalue weighted by atomic mass is 10.0.